The molecule has 81 heavy (non-hydrogen) atoms. The van der Waals surface area contributed by atoms with Gasteiger partial charge in [-0.1, -0.05) is 228 Å². The average Bonchev–Trinajstić information content (AvgIpc) is 3.44. The number of carbonyl (C=O) groups is 3. The minimum Gasteiger partial charge on any atom is -0.545 e. The number of likely N-dealkylation sites (N-methyl/N-ethyl adjacent to an activating group) is 1. The van der Waals surface area contributed by atoms with Gasteiger partial charge in [0.05, 0.1) is 40.3 Å². The summed E-state index contributed by atoms with van der Waals surface area (Å²) in [6, 6.07) is 0. The number of nitrogens with zero attached hydrogens (tertiary/aromatic N) is 1. The normalized spacial score (nSPS) is 14.0. The molecule has 2 unspecified atom stereocenters. The number of carboxylic acids is 1. The van der Waals surface area contributed by atoms with Gasteiger partial charge < -0.3 is 33.3 Å². The molecule has 0 bridgehead atoms. The first-order valence-corrected chi connectivity index (χ1v) is 30.9. The van der Waals surface area contributed by atoms with Gasteiger partial charge in [0.25, 0.3) is 0 Å². The largest absolute Gasteiger partial charge is 0.545 e. The summed E-state index contributed by atoms with van der Waals surface area (Å²) in [6.07, 6.45) is 89.4. The summed E-state index contributed by atoms with van der Waals surface area (Å²) in [4.78, 5) is 37.4. The zero-order valence-electron chi connectivity index (χ0n) is 51.3. The summed E-state index contributed by atoms with van der Waals surface area (Å²) in [5.74, 6) is -2.37. The fourth-order valence-corrected chi connectivity index (χ4v) is 7.47. The summed E-state index contributed by atoms with van der Waals surface area (Å²) in [7, 11) is 5.89. The van der Waals surface area contributed by atoms with Crippen LogP contribution in [0.1, 0.15) is 194 Å². The molecule has 452 valence electrons. The van der Waals surface area contributed by atoms with Crippen molar-refractivity contribution in [1.82, 2.24) is 0 Å². The molecule has 0 aromatic rings. The highest BCUT2D eigenvalue weighted by atomic mass is 16.7. The highest BCUT2D eigenvalue weighted by Crippen LogP contribution is 2.12. The highest BCUT2D eigenvalue weighted by molar-refractivity contribution is 5.70. The molecule has 0 N–H and O–H groups in total. The lowest BCUT2D eigenvalue weighted by atomic mass is 10.1. The number of quaternary nitrogens is 1. The van der Waals surface area contributed by atoms with Crippen molar-refractivity contribution in [2.45, 2.75) is 206 Å². The molecule has 0 rings (SSSR count). The van der Waals surface area contributed by atoms with Gasteiger partial charge in [0, 0.05) is 12.8 Å². The number of hydrogen-bond donors (Lipinski definition) is 0. The van der Waals surface area contributed by atoms with E-state index in [1.807, 2.05) is 21.1 Å². The van der Waals surface area contributed by atoms with Gasteiger partial charge in [0.1, 0.15) is 13.2 Å². The SMILES string of the molecule is CC/C=C\C/C=C\C/C=C\C/C=C\C/C=C\C/C=C\C/C=C\C/C=C\CCCCCCC(=O)OC(COC(=O)CCCCCCC/C=C\C/C=C\C/C=C\C/C=C\C/C=C\C/C=C\C/C=C\CC)COC(OCC[N+](C)(C)C)C(=O)[O-]. The van der Waals surface area contributed by atoms with Crippen molar-refractivity contribution in [2.24, 2.45) is 0 Å². The lowest BCUT2D eigenvalue weighted by Gasteiger charge is -2.26. The van der Waals surface area contributed by atoms with E-state index in [-0.39, 0.29) is 32.7 Å². The highest BCUT2D eigenvalue weighted by Gasteiger charge is 2.22. The van der Waals surface area contributed by atoms with E-state index in [1.165, 1.54) is 0 Å². The van der Waals surface area contributed by atoms with Crippen molar-refractivity contribution >= 4 is 17.9 Å². The summed E-state index contributed by atoms with van der Waals surface area (Å²) in [6.45, 7) is 4.43. The van der Waals surface area contributed by atoms with E-state index >= 15 is 0 Å². The third-order valence-electron chi connectivity index (χ3n) is 12.1. The number of ether oxygens (including phenoxy) is 4. The molecule has 9 heteroatoms. The van der Waals surface area contributed by atoms with Gasteiger partial charge in [-0.2, -0.15) is 0 Å². The van der Waals surface area contributed by atoms with Crippen LogP contribution in [0, 0.1) is 0 Å². The first-order chi connectivity index (χ1) is 39.6. The Morgan fingerprint density at radius 2 is 0.667 bits per heavy atom. The maximum atomic E-state index is 12.9. The average molecular weight is 1120 g/mol. The Hall–Kier alpha value is -5.61. The Labute approximate surface area is 494 Å². The molecule has 0 radical (unpaired) electrons. The van der Waals surface area contributed by atoms with Gasteiger partial charge in [0.15, 0.2) is 12.4 Å². The predicted molar refractivity (Wildman–Crippen MR) is 342 cm³/mol. The van der Waals surface area contributed by atoms with E-state index in [4.69, 9.17) is 18.9 Å². The van der Waals surface area contributed by atoms with Crippen molar-refractivity contribution in [3.05, 3.63) is 182 Å². The third-order valence-corrected chi connectivity index (χ3v) is 12.1. The van der Waals surface area contributed by atoms with Gasteiger partial charge in [0.2, 0.25) is 0 Å². The van der Waals surface area contributed by atoms with E-state index in [0.717, 1.165) is 154 Å². The molecule has 0 saturated carbocycles. The molecule has 2 atom stereocenters. The van der Waals surface area contributed by atoms with E-state index in [2.05, 4.69) is 196 Å². The summed E-state index contributed by atoms with van der Waals surface area (Å²) < 4.78 is 22.7. The summed E-state index contributed by atoms with van der Waals surface area (Å²) in [5, 5.41) is 11.8. The van der Waals surface area contributed by atoms with Crippen LogP contribution in [0.4, 0.5) is 0 Å². The van der Waals surface area contributed by atoms with Crippen LogP contribution in [-0.2, 0) is 33.3 Å². The standard InChI is InChI=1S/C72H111NO8/c1-6-8-10-12-14-16-18-20-22-24-26-28-30-32-34-35-37-39-41-43-45-47-49-51-53-55-57-59-61-63-70(75)81-68(67-80-72(71(76)77)78-65-64-73(3,4)5)66-79-69(74)62-60-58-56-54-52-50-48-46-44-42-40-38-36-33-31-29-27-25-23-21-19-17-15-13-11-9-7-2/h8-11,14-17,20-23,26-29,32-34,36-37,39-40,42-43,45-46,48-49,51,68,72H,6-7,12-13,18-19,24-25,30-31,35,38,41,44,47,50,52-67H2,1-5H3/b10-8-,11-9-,16-14-,17-15-,22-20-,23-21-,28-26-,29-27-,34-32-,36-33-,39-37-,42-40-,45-43-,48-46-,51-49-. The number of esters is 2. The van der Waals surface area contributed by atoms with Crippen LogP contribution in [0.2, 0.25) is 0 Å². The Morgan fingerprint density at radius 1 is 0.370 bits per heavy atom. The topological polar surface area (TPSA) is 111 Å². The van der Waals surface area contributed by atoms with Crippen molar-refractivity contribution in [3.8, 4) is 0 Å². The second-order valence-corrected chi connectivity index (χ2v) is 20.9. The fourth-order valence-electron chi connectivity index (χ4n) is 7.47. The van der Waals surface area contributed by atoms with E-state index in [9.17, 15) is 19.5 Å². The predicted octanol–water partition coefficient (Wildman–Crippen LogP) is 17.6. The second kappa shape index (κ2) is 60.5. The number of aliphatic carboxylic acids is 1. The lowest BCUT2D eigenvalue weighted by Crippen LogP contribution is -2.44. The summed E-state index contributed by atoms with van der Waals surface area (Å²) in [5.41, 5.74) is 0. The molecule has 9 nitrogen and oxygen atoms in total. The Balaban J connectivity index is 4.39. The molecule has 0 spiro atoms. The quantitative estimate of drug-likeness (QED) is 0.0195. The zero-order valence-corrected chi connectivity index (χ0v) is 51.3. The van der Waals surface area contributed by atoms with Gasteiger partial charge in [-0.3, -0.25) is 9.59 Å². The molecular weight excluding hydrogens is 1010 g/mol. The molecule has 0 aliphatic carbocycles. The van der Waals surface area contributed by atoms with Crippen LogP contribution in [0.15, 0.2) is 182 Å². The second-order valence-electron chi connectivity index (χ2n) is 20.9. The molecule has 0 fully saturated rings. The minimum absolute atomic E-state index is 0.127. The molecule has 0 aliphatic rings. The lowest BCUT2D eigenvalue weighted by molar-refractivity contribution is -0.870. The van der Waals surface area contributed by atoms with E-state index in [0.29, 0.717) is 23.9 Å². The number of rotatable bonds is 54. The summed E-state index contributed by atoms with van der Waals surface area (Å²) >= 11 is 0. The van der Waals surface area contributed by atoms with Gasteiger partial charge >= 0.3 is 11.9 Å². The van der Waals surface area contributed by atoms with E-state index < -0.39 is 30.3 Å². The van der Waals surface area contributed by atoms with Crippen LogP contribution in [-0.4, -0.2) is 82.3 Å². The van der Waals surface area contributed by atoms with Crippen molar-refractivity contribution in [1.29, 1.82) is 0 Å². The number of unbranched alkanes of at least 4 members (excludes halogenated alkanes) is 9. The molecule has 0 aromatic heterocycles. The molecule has 0 saturated heterocycles. The number of hydrogen-bond acceptors (Lipinski definition) is 8. The smallest absolute Gasteiger partial charge is 0.306 e. The number of allylic oxidation sites excluding steroid dienone is 30. The van der Waals surface area contributed by atoms with E-state index in [1.54, 1.807) is 0 Å². The van der Waals surface area contributed by atoms with Crippen molar-refractivity contribution in [3.63, 3.8) is 0 Å². The maximum Gasteiger partial charge on any atom is 0.306 e. The van der Waals surface area contributed by atoms with Crippen LogP contribution < -0.4 is 5.11 Å². The van der Waals surface area contributed by atoms with Gasteiger partial charge in [-0.05, 0) is 135 Å². The van der Waals surface area contributed by atoms with Crippen molar-refractivity contribution < 1.29 is 42.9 Å². The fraction of sp³-hybridized carbons (Fsp3) is 0.542. The first-order valence-electron chi connectivity index (χ1n) is 30.9. The van der Waals surface area contributed by atoms with Crippen LogP contribution in [0.3, 0.4) is 0 Å². The Bertz CT molecular complexity index is 1980. The molecular formula is C72H111NO8. The third kappa shape index (κ3) is 61.9. The Morgan fingerprint density at radius 3 is 0.988 bits per heavy atom. The van der Waals surface area contributed by atoms with Gasteiger partial charge in [-0.25, -0.2) is 0 Å². The minimum atomic E-state index is -1.65. The van der Waals surface area contributed by atoms with Gasteiger partial charge in [-0.15, -0.1) is 0 Å². The van der Waals surface area contributed by atoms with Crippen molar-refractivity contribution in [2.75, 3.05) is 47.5 Å². The monoisotopic (exact) mass is 1120 g/mol. The molecule has 0 aromatic carbocycles. The number of carbonyl (C=O) groups excluding carboxylic acids is 3. The molecule has 0 heterocycles. The zero-order chi connectivity index (χ0) is 59.1. The first kappa shape index (κ1) is 75.4. The maximum absolute atomic E-state index is 12.9. The van der Waals surface area contributed by atoms with Crippen LogP contribution in [0.5, 0.6) is 0 Å². The Kier molecular flexibility index (Phi) is 56.3. The van der Waals surface area contributed by atoms with Crippen LogP contribution >= 0.6 is 0 Å². The van der Waals surface area contributed by atoms with Crippen LogP contribution in [0.25, 0.3) is 0 Å². The molecule has 0 aliphatic heterocycles. The number of carboxylic acid groups (broad SMARTS) is 1. The molecule has 0 amide bonds.